The normalized spacial score (nSPS) is 15.4. The molecular weight excluding hydrogens is 204 g/mol. The van der Waals surface area contributed by atoms with Crippen LogP contribution < -0.4 is 0 Å². The molecule has 1 unspecified atom stereocenters. The fourth-order valence-electron chi connectivity index (χ4n) is 1.11. The fraction of sp³-hybridized carbons (Fsp3) is 1.00. The summed E-state index contributed by atoms with van der Waals surface area (Å²) in [7, 11) is -1.61. The molecule has 0 rings (SSSR count). The maximum Gasteiger partial charge on any atom is 0.192 e. The van der Waals surface area contributed by atoms with Crippen LogP contribution in [0, 0.1) is 0 Å². The molecule has 0 aromatic carbocycles. The number of ether oxygens (including phenoxy) is 1. The van der Waals surface area contributed by atoms with Gasteiger partial charge in [0.15, 0.2) is 8.32 Å². The minimum absolute atomic E-state index is 0.220. The van der Waals surface area contributed by atoms with Gasteiger partial charge in [-0.2, -0.15) is 0 Å². The maximum atomic E-state index is 6.16. The molecule has 0 aromatic rings. The molecule has 0 fully saturated rings. The third kappa shape index (κ3) is 5.69. The second-order valence-electron chi connectivity index (χ2n) is 5.76. The van der Waals surface area contributed by atoms with Crippen molar-refractivity contribution in [1.29, 1.82) is 0 Å². The van der Waals surface area contributed by atoms with Gasteiger partial charge in [0.2, 0.25) is 0 Å². The van der Waals surface area contributed by atoms with Crippen LogP contribution in [0.2, 0.25) is 18.1 Å². The summed E-state index contributed by atoms with van der Waals surface area (Å²) in [4.78, 5) is 0. The smallest absolute Gasteiger partial charge is 0.192 e. The van der Waals surface area contributed by atoms with Crippen molar-refractivity contribution in [3.63, 3.8) is 0 Å². The lowest BCUT2D eigenvalue weighted by Gasteiger charge is -2.38. The van der Waals surface area contributed by atoms with E-state index in [1.807, 2.05) is 0 Å². The van der Waals surface area contributed by atoms with Gasteiger partial charge in [0.05, 0.1) is 12.7 Å². The molecule has 0 N–H and O–H groups in total. The van der Waals surface area contributed by atoms with E-state index in [4.69, 9.17) is 9.16 Å². The first kappa shape index (κ1) is 15.1. The van der Waals surface area contributed by atoms with Crippen LogP contribution in [-0.2, 0) is 9.16 Å². The molecule has 0 bridgehead atoms. The predicted molar refractivity (Wildman–Crippen MR) is 68.9 cm³/mol. The van der Waals surface area contributed by atoms with E-state index in [1.165, 1.54) is 0 Å². The van der Waals surface area contributed by atoms with Gasteiger partial charge in [0.1, 0.15) is 0 Å². The third-order valence-electron chi connectivity index (χ3n) is 3.00. The minimum atomic E-state index is -1.61. The molecule has 1 atom stereocenters. The third-order valence-corrected chi connectivity index (χ3v) is 7.61. The first-order valence-electron chi connectivity index (χ1n) is 5.96. The Morgan fingerprint density at radius 2 is 1.73 bits per heavy atom. The van der Waals surface area contributed by atoms with E-state index in [0.717, 1.165) is 19.6 Å². The van der Waals surface area contributed by atoms with Crippen LogP contribution in [-0.4, -0.2) is 27.6 Å². The van der Waals surface area contributed by atoms with Crippen molar-refractivity contribution in [3.05, 3.63) is 0 Å². The van der Waals surface area contributed by atoms with Gasteiger partial charge in [-0.3, -0.25) is 0 Å². The summed E-state index contributed by atoms with van der Waals surface area (Å²) >= 11 is 0. The molecule has 0 aliphatic carbocycles. The van der Waals surface area contributed by atoms with Crippen LogP contribution >= 0.6 is 0 Å². The average Bonchev–Trinajstić information content (AvgIpc) is 2.01. The minimum Gasteiger partial charge on any atom is -0.412 e. The first-order chi connectivity index (χ1) is 6.70. The van der Waals surface area contributed by atoms with Crippen LogP contribution in [0.25, 0.3) is 0 Å². The predicted octanol–water partition coefficient (Wildman–Crippen LogP) is 3.82. The average molecular weight is 232 g/mol. The van der Waals surface area contributed by atoms with Crippen molar-refractivity contribution in [2.45, 2.75) is 65.3 Å². The van der Waals surface area contributed by atoms with Crippen molar-refractivity contribution >= 4 is 8.32 Å². The molecular formula is C12H28O2Si. The molecule has 92 valence electrons. The monoisotopic (exact) mass is 232 g/mol. The Bertz CT molecular complexity index is 173. The topological polar surface area (TPSA) is 18.5 Å². The van der Waals surface area contributed by atoms with E-state index in [1.54, 1.807) is 0 Å². The van der Waals surface area contributed by atoms with Gasteiger partial charge >= 0.3 is 0 Å². The summed E-state index contributed by atoms with van der Waals surface area (Å²) in [6.07, 6.45) is 1.30. The van der Waals surface area contributed by atoms with E-state index < -0.39 is 8.32 Å². The molecule has 0 saturated carbocycles. The quantitative estimate of drug-likeness (QED) is 0.512. The molecule has 0 aromatic heterocycles. The van der Waals surface area contributed by atoms with Gasteiger partial charge in [-0.1, -0.05) is 27.7 Å². The number of hydrogen-bond donors (Lipinski definition) is 0. The molecule has 0 spiro atoms. The highest BCUT2D eigenvalue weighted by Gasteiger charge is 2.38. The molecule has 0 aliphatic heterocycles. The molecule has 15 heavy (non-hydrogen) atoms. The summed E-state index contributed by atoms with van der Waals surface area (Å²) in [5, 5.41) is 0.284. The van der Waals surface area contributed by atoms with Crippen molar-refractivity contribution in [3.8, 4) is 0 Å². The molecule has 0 heterocycles. The van der Waals surface area contributed by atoms with Crippen molar-refractivity contribution in [1.82, 2.24) is 0 Å². The highest BCUT2D eigenvalue weighted by Crippen LogP contribution is 2.37. The lowest BCUT2D eigenvalue weighted by atomic mass is 10.2. The van der Waals surface area contributed by atoms with Crippen LogP contribution in [0.1, 0.15) is 41.0 Å². The van der Waals surface area contributed by atoms with Crippen molar-refractivity contribution in [2.75, 3.05) is 13.2 Å². The van der Waals surface area contributed by atoms with Gasteiger partial charge in [-0.15, -0.1) is 0 Å². The van der Waals surface area contributed by atoms with Crippen LogP contribution in [0.4, 0.5) is 0 Å². The van der Waals surface area contributed by atoms with Crippen LogP contribution in [0.3, 0.4) is 0 Å². The van der Waals surface area contributed by atoms with Gasteiger partial charge in [-0.05, 0) is 31.5 Å². The largest absolute Gasteiger partial charge is 0.412 e. The number of hydrogen-bond acceptors (Lipinski definition) is 2. The van der Waals surface area contributed by atoms with Crippen LogP contribution in [0.5, 0.6) is 0 Å². The zero-order valence-corrected chi connectivity index (χ0v) is 12.5. The SMILES string of the molecule is CCCOCC(C)O[Si](C)(C)C(C)(C)C. The van der Waals surface area contributed by atoms with Gasteiger partial charge < -0.3 is 9.16 Å². The van der Waals surface area contributed by atoms with E-state index in [9.17, 15) is 0 Å². The van der Waals surface area contributed by atoms with E-state index in [0.29, 0.717) is 0 Å². The lowest BCUT2D eigenvalue weighted by Crippen LogP contribution is -2.44. The lowest BCUT2D eigenvalue weighted by molar-refractivity contribution is 0.0522. The maximum absolute atomic E-state index is 6.16. The molecule has 0 radical (unpaired) electrons. The van der Waals surface area contributed by atoms with Crippen molar-refractivity contribution < 1.29 is 9.16 Å². The Morgan fingerprint density at radius 1 is 1.20 bits per heavy atom. The Balaban J connectivity index is 3.99. The standard InChI is InChI=1S/C12H28O2Si/c1-8-9-13-10-11(2)14-15(6,7)12(3,4)5/h11H,8-10H2,1-7H3. The molecule has 2 nitrogen and oxygen atoms in total. The van der Waals surface area contributed by atoms with Gasteiger partial charge in [0.25, 0.3) is 0 Å². The molecule has 0 amide bonds. The summed E-state index contributed by atoms with van der Waals surface area (Å²) < 4.78 is 11.7. The summed E-state index contributed by atoms with van der Waals surface area (Å²) in [5.74, 6) is 0. The van der Waals surface area contributed by atoms with Crippen LogP contribution in [0.15, 0.2) is 0 Å². The highest BCUT2D eigenvalue weighted by atomic mass is 28.4. The summed E-state index contributed by atoms with van der Waals surface area (Å²) in [6, 6.07) is 0. The first-order valence-corrected chi connectivity index (χ1v) is 8.87. The Hall–Kier alpha value is 0.137. The zero-order valence-electron chi connectivity index (χ0n) is 11.5. The zero-order chi connectivity index (χ0) is 12.1. The Morgan fingerprint density at radius 3 is 2.13 bits per heavy atom. The van der Waals surface area contributed by atoms with E-state index in [-0.39, 0.29) is 11.1 Å². The molecule has 0 aliphatic rings. The Labute approximate surface area is 96.5 Å². The summed E-state index contributed by atoms with van der Waals surface area (Å²) in [5.41, 5.74) is 0. The second-order valence-corrected chi connectivity index (χ2v) is 10.5. The van der Waals surface area contributed by atoms with E-state index >= 15 is 0 Å². The van der Waals surface area contributed by atoms with Gasteiger partial charge in [-0.25, -0.2) is 0 Å². The Kier molecular flexibility index (Phi) is 6.07. The second kappa shape index (κ2) is 6.02. The molecule has 0 saturated heterocycles. The van der Waals surface area contributed by atoms with E-state index in [2.05, 4.69) is 47.7 Å². The van der Waals surface area contributed by atoms with Crippen molar-refractivity contribution in [2.24, 2.45) is 0 Å². The summed E-state index contributed by atoms with van der Waals surface area (Å²) in [6.45, 7) is 17.1. The molecule has 3 heteroatoms. The fourth-order valence-corrected chi connectivity index (χ4v) is 2.53. The van der Waals surface area contributed by atoms with Gasteiger partial charge in [0, 0.05) is 6.61 Å². The number of rotatable bonds is 6. The highest BCUT2D eigenvalue weighted by molar-refractivity contribution is 6.74.